The van der Waals surface area contributed by atoms with Gasteiger partial charge in [-0.15, -0.1) is 23.4 Å². The van der Waals surface area contributed by atoms with Crippen LogP contribution in [0, 0.1) is 0 Å². The van der Waals surface area contributed by atoms with E-state index in [-0.39, 0.29) is 23.9 Å². The minimum Gasteiger partial charge on any atom is -0.406 e. The van der Waals surface area contributed by atoms with Gasteiger partial charge in [0.05, 0.1) is 4.90 Å². The lowest BCUT2D eigenvalue weighted by atomic mass is 9.97. The molecule has 0 bridgehead atoms. The van der Waals surface area contributed by atoms with Gasteiger partial charge >= 0.3 is 6.36 Å². The highest BCUT2D eigenvalue weighted by Crippen LogP contribution is 2.32. The number of nitrogens with zero attached hydrogens (tertiary/aromatic N) is 4. The monoisotopic (exact) mass is 416 g/mol. The number of fused-ring (bicyclic) bond motifs is 1. The minimum absolute atomic E-state index is 0.130. The average molecular weight is 416 g/mol. The summed E-state index contributed by atoms with van der Waals surface area (Å²) in [5.41, 5.74) is 0. The molecule has 0 spiro atoms. The molecular formula is C17H19F3N4O3S. The van der Waals surface area contributed by atoms with E-state index in [1.807, 2.05) is 0 Å². The number of sulfonamides is 1. The molecule has 0 N–H and O–H groups in total. The van der Waals surface area contributed by atoms with Gasteiger partial charge in [-0.2, -0.15) is 4.31 Å². The molecule has 0 radical (unpaired) electrons. The Morgan fingerprint density at radius 2 is 1.86 bits per heavy atom. The Hall–Kier alpha value is -2.14. The molecule has 1 saturated heterocycles. The van der Waals surface area contributed by atoms with Crippen LogP contribution in [0.15, 0.2) is 29.2 Å². The van der Waals surface area contributed by atoms with Gasteiger partial charge in [-0.05, 0) is 31.4 Å². The van der Waals surface area contributed by atoms with Gasteiger partial charge in [0.15, 0.2) is 0 Å². The summed E-state index contributed by atoms with van der Waals surface area (Å²) in [4.78, 5) is -0.212. The predicted octanol–water partition coefficient (Wildman–Crippen LogP) is 2.69. The first-order chi connectivity index (χ1) is 13.2. The third kappa shape index (κ3) is 3.72. The topological polar surface area (TPSA) is 77.3 Å². The normalized spacial score (nSPS) is 19.0. The second-order valence-electron chi connectivity index (χ2n) is 6.93. The molecule has 152 valence electrons. The van der Waals surface area contributed by atoms with E-state index in [0.29, 0.717) is 12.8 Å². The van der Waals surface area contributed by atoms with Crippen LogP contribution in [0.4, 0.5) is 13.2 Å². The van der Waals surface area contributed by atoms with Crippen LogP contribution in [0.3, 0.4) is 0 Å². The number of halogens is 3. The van der Waals surface area contributed by atoms with Gasteiger partial charge in [0, 0.05) is 38.0 Å². The first-order valence-electron chi connectivity index (χ1n) is 9.02. The van der Waals surface area contributed by atoms with Gasteiger partial charge in [0.2, 0.25) is 10.0 Å². The van der Waals surface area contributed by atoms with E-state index in [1.54, 1.807) is 0 Å². The van der Waals surface area contributed by atoms with E-state index in [9.17, 15) is 21.6 Å². The third-order valence-corrected chi connectivity index (χ3v) is 7.03. The zero-order valence-corrected chi connectivity index (χ0v) is 15.7. The average Bonchev–Trinajstić information content (AvgIpc) is 3.24. The zero-order valence-electron chi connectivity index (χ0n) is 14.9. The molecule has 2 aromatic rings. The lowest BCUT2D eigenvalue weighted by Crippen LogP contribution is -2.38. The highest BCUT2D eigenvalue weighted by atomic mass is 32.2. The number of rotatable bonds is 4. The van der Waals surface area contributed by atoms with Gasteiger partial charge < -0.3 is 9.30 Å². The molecule has 28 heavy (non-hydrogen) atoms. The van der Waals surface area contributed by atoms with Crippen molar-refractivity contribution in [2.24, 2.45) is 0 Å². The molecule has 2 aliphatic rings. The van der Waals surface area contributed by atoms with Crippen LogP contribution >= 0.6 is 0 Å². The standard InChI is InChI=1S/C17H19F3N4O3S/c18-17(19,20)27-13-3-1-4-14(11-13)28(25,26)23-9-6-12(7-10-23)16-22-21-15-5-2-8-24(15)16/h1,3-4,11-12H,2,5-10H2. The molecule has 0 aliphatic carbocycles. The van der Waals surface area contributed by atoms with Crippen molar-refractivity contribution in [1.82, 2.24) is 19.1 Å². The van der Waals surface area contributed by atoms with Crippen molar-refractivity contribution in [2.75, 3.05) is 13.1 Å². The first-order valence-corrected chi connectivity index (χ1v) is 10.5. The SMILES string of the molecule is O=S(=O)(c1cccc(OC(F)(F)F)c1)N1CCC(c2nnc3n2CCC3)CC1. The molecule has 0 atom stereocenters. The van der Waals surface area contributed by atoms with E-state index in [0.717, 1.165) is 43.2 Å². The van der Waals surface area contributed by atoms with Crippen molar-refractivity contribution in [1.29, 1.82) is 0 Å². The lowest BCUT2D eigenvalue weighted by Gasteiger charge is -2.30. The summed E-state index contributed by atoms with van der Waals surface area (Å²) < 4.78 is 70.1. The van der Waals surface area contributed by atoms with Crippen LogP contribution in [0.1, 0.15) is 36.8 Å². The van der Waals surface area contributed by atoms with Gasteiger partial charge in [0.1, 0.15) is 17.4 Å². The second-order valence-corrected chi connectivity index (χ2v) is 8.87. The maximum absolute atomic E-state index is 12.8. The van der Waals surface area contributed by atoms with Crippen molar-refractivity contribution >= 4 is 10.0 Å². The molecule has 0 unspecified atom stereocenters. The zero-order chi connectivity index (χ0) is 19.9. The molecule has 11 heteroatoms. The number of hydrogen-bond donors (Lipinski definition) is 0. The highest BCUT2D eigenvalue weighted by Gasteiger charge is 2.34. The molecule has 4 rings (SSSR count). The van der Waals surface area contributed by atoms with Crippen LogP contribution in [-0.2, 0) is 23.0 Å². The minimum atomic E-state index is -4.88. The quantitative estimate of drug-likeness (QED) is 0.766. The number of benzene rings is 1. The van der Waals surface area contributed by atoms with Crippen LogP contribution < -0.4 is 4.74 Å². The molecule has 3 heterocycles. The maximum atomic E-state index is 12.8. The Morgan fingerprint density at radius 3 is 2.57 bits per heavy atom. The van der Waals surface area contributed by atoms with Gasteiger partial charge in [0.25, 0.3) is 0 Å². The fourth-order valence-electron chi connectivity index (χ4n) is 3.81. The predicted molar refractivity (Wildman–Crippen MR) is 92.2 cm³/mol. The lowest BCUT2D eigenvalue weighted by molar-refractivity contribution is -0.274. The largest absolute Gasteiger partial charge is 0.573 e. The summed E-state index contributed by atoms with van der Waals surface area (Å²) in [7, 11) is -3.90. The Bertz CT molecular complexity index is 966. The Balaban J connectivity index is 1.47. The van der Waals surface area contributed by atoms with E-state index in [2.05, 4.69) is 19.5 Å². The molecule has 2 aliphatic heterocycles. The highest BCUT2D eigenvalue weighted by molar-refractivity contribution is 7.89. The third-order valence-electron chi connectivity index (χ3n) is 5.13. The number of alkyl halides is 3. The molecule has 0 saturated carbocycles. The first kappa shape index (κ1) is 19.2. The fraction of sp³-hybridized carbons (Fsp3) is 0.529. The number of ether oxygens (including phenoxy) is 1. The van der Waals surface area contributed by atoms with Crippen molar-refractivity contribution in [3.05, 3.63) is 35.9 Å². The van der Waals surface area contributed by atoms with Crippen LogP contribution in [0.2, 0.25) is 0 Å². The van der Waals surface area contributed by atoms with Crippen molar-refractivity contribution in [3.63, 3.8) is 0 Å². The van der Waals surface area contributed by atoms with Gasteiger partial charge in [-0.1, -0.05) is 6.07 Å². The van der Waals surface area contributed by atoms with E-state index in [1.165, 1.54) is 16.4 Å². The Labute approximate surface area is 160 Å². The van der Waals surface area contributed by atoms with Crippen LogP contribution in [0.25, 0.3) is 0 Å². The van der Waals surface area contributed by atoms with E-state index in [4.69, 9.17) is 0 Å². The van der Waals surface area contributed by atoms with Crippen molar-refractivity contribution in [2.45, 2.75) is 49.4 Å². The molecule has 1 aromatic carbocycles. The van der Waals surface area contributed by atoms with Crippen molar-refractivity contribution in [3.8, 4) is 5.75 Å². The van der Waals surface area contributed by atoms with E-state index >= 15 is 0 Å². The molecule has 1 fully saturated rings. The Kier molecular flexibility index (Phi) is 4.82. The van der Waals surface area contributed by atoms with Crippen LogP contribution in [-0.4, -0.2) is 46.9 Å². The number of aromatic nitrogens is 3. The second kappa shape index (κ2) is 7.03. The smallest absolute Gasteiger partial charge is 0.406 e. The molecular weight excluding hydrogens is 397 g/mol. The fourth-order valence-corrected chi connectivity index (χ4v) is 5.32. The summed E-state index contributed by atoms with van der Waals surface area (Å²) in [6, 6.07) is 4.49. The number of piperidine rings is 1. The molecule has 7 nitrogen and oxygen atoms in total. The Morgan fingerprint density at radius 1 is 1.11 bits per heavy atom. The number of hydrogen-bond acceptors (Lipinski definition) is 5. The van der Waals surface area contributed by atoms with Crippen LogP contribution in [0.5, 0.6) is 5.75 Å². The summed E-state index contributed by atoms with van der Waals surface area (Å²) in [6.07, 6.45) is -1.73. The summed E-state index contributed by atoms with van der Waals surface area (Å²) in [6.45, 7) is 1.45. The summed E-state index contributed by atoms with van der Waals surface area (Å²) in [5, 5.41) is 8.48. The maximum Gasteiger partial charge on any atom is 0.573 e. The van der Waals surface area contributed by atoms with Gasteiger partial charge in [-0.25, -0.2) is 8.42 Å². The number of aryl methyl sites for hydroxylation is 1. The van der Waals surface area contributed by atoms with E-state index < -0.39 is 22.1 Å². The molecule has 1 aromatic heterocycles. The summed E-state index contributed by atoms with van der Waals surface area (Å²) in [5.74, 6) is 1.46. The van der Waals surface area contributed by atoms with Gasteiger partial charge in [-0.3, -0.25) is 0 Å². The molecule has 0 amide bonds. The summed E-state index contributed by atoms with van der Waals surface area (Å²) >= 11 is 0. The van der Waals surface area contributed by atoms with Crippen molar-refractivity contribution < 1.29 is 26.3 Å².